The zero-order chi connectivity index (χ0) is 20.0. The van der Waals surface area contributed by atoms with Gasteiger partial charge in [-0.3, -0.25) is 4.98 Å². The van der Waals surface area contributed by atoms with Gasteiger partial charge in [0.2, 0.25) is 0 Å². The molecule has 0 unspecified atom stereocenters. The molecule has 0 saturated heterocycles. The average Bonchev–Trinajstić information content (AvgIpc) is 2.71. The molecule has 0 saturated carbocycles. The lowest BCUT2D eigenvalue weighted by atomic mass is 10.1. The predicted octanol–water partition coefficient (Wildman–Crippen LogP) is 3.72. The van der Waals surface area contributed by atoms with Gasteiger partial charge >= 0.3 is 0 Å². The van der Waals surface area contributed by atoms with E-state index in [0.29, 0.717) is 19.8 Å². The van der Waals surface area contributed by atoms with Gasteiger partial charge in [0.15, 0.2) is 5.96 Å². The SMILES string of the molecule is CCNC(=NCc1ccc(C)cc1OCCCOC)NCCc1cccnc1.I. The van der Waals surface area contributed by atoms with Gasteiger partial charge < -0.3 is 20.1 Å². The van der Waals surface area contributed by atoms with Crippen LogP contribution in [0.3, 0.4) is 0 Å². The number of aromatic nitrogens is 1. The van der Waals surface area contributed by atoms with Gasteiger partial charge in [-0.1, -0.05) is 18.2 Å². The van der Waals surface area contributed by atoms with Gasteiger partial charge in [0, 0.05) is 51.2 Å². The van der Waals surface area contributed by atoms with Gasteiger partial charge in [0.05, 0.1) is 13.2 Å². The first-order chi connectivity index (χ1) is 13.7. The number of benzene rings is 1. The van der Waals surface area contributed by atoms with Crippen molar-refractivity contribution in [1.29, 1.82) is 0 Å². The predicted molar refractivity (Wildman–Crippen MR) is 129 cm³/mol. The molecule has 2 rings (SSSR count). The number of nitrogens with zero attached hydrogens (tertiary/aromatic N) is 2. The standard InChI is InChI=1S/C22H32N4O2.HI/c1-4-24-22(25-12-10-19-7-5-11-23-16-19)26-17-20-9-8-18(2)15-21(20)28-14-6-13-27-3;/h5,7-9,11,15-16H,4,6,10,12-14,17H2,1-3H3,(H2,24,25,26);1H. The normalized spacial score (nSPS) is 10.9. The molecular formula is C22H33IN4O2. The Hall–Kier alpha value is -1.87. The van der Waals surface area contributed by atoms with E-state index in [1.54, 1.807) is 13.3 Å². The minimum absolute atomic E-state index is 0. The maximum Gasteiger partial charge on any atom is 0.191 e. The summed E-state index contributed by atoms with van der Waals surface area (Å²) in [7, 11) is 1.70. The Labute approximate surface area is 191 Å². The number of hydrogen-bond donors (Lipinski definition) is 2. The number of guanidine groups is 1. The number of aliphatic imine (C=N–C) groups is 1. The number of methoxy groups -OCH3 is 1. The smallest absolute Gasteiger partial charge is 0.191 e. The first kappa shape index (κ1) is 25.2. The molecule has 2 aromatic rings. The van der Waals surface area contributed by atoms with E-state index in [-0.39, 0.29) is 24.0 Å². The lowest BCUT2D eigenvalue weighted by Gasteiger charge is -2.14. The number of ether oxygens (including phenoxy) is 2. The molecule has 0 spiro atoms. The lowest BCUT2D eigenvalue weighted by Crippen LogP contribution is -2.38. The van der Waals surface area contributed by atoms with Crippen molar-refractivity contribution < 1.29 is 9.47 Å². The van der Waals surface area contributed by atoms with Crippen molar-refractivity contribution in [2.24, 2.45) is 4.99 Å². The van der Waals surface area contributed by atoms with E-state index in [1.807, 2.05) is 12.3 Å². The fourth-order valence-corrected chi connectivity index (χ4v) is 2.69. The Morgan fingerprint density at radius 1 is 1.17 bits per heavy atom. The molecule has 160 valence electrons. The van der Waals surface area contributed by atoms with E-state index in [1.165, 1.54) is 11.1 Å². The maximum absolute atomic E-state index is 5.95. The second kappa shape index (κ2) is 15.0. The molecular weight excluding hydrogens is 479 g/mol. The van der Waals surface area contributed by atoms with Crippen LogP contribution in [0.5, 0.6) is 5.75 Å². The number of nitrogens with one attached hydrogen (secondary N) is 2. The summed E-state index contributed by atoms with van der Waals surface area (Å²) in [5.74, 6) is 1.70. The Morgan fingerprint density at radius 2 is 2.03 bits per heavy atom. The largest absolute Gasteiger partial charge is 0.493 e. The monoisotopic (exact) mass is 512 g/mol. The minimum atomic E-state index is 0. The van der Waals surface area contributed by atoms with E-state index >= 15 is 0 Å². The van der Waals surface area contributed by atoms with Gasteiger partial charge in [0.25, 0.3) is 0 Å². The molecule has 1 aromatic heterocycles. The molecule has 0 amide bonds. The quantitative estimate of drug-likeness (QED) is 0.208. The van der Waals surface area contributed by atoms with Crippen molar-refractivity contribution in [3.8, 4) is 5.75 Å². The minimum Gasteiger partial charge on any atom is -0.493 e. The van der Waals surface area contributed by atoms with Crippen molar-refractivity contribution >= 4 is 29.9 Å². The summed E-state index contributed by atoms with van der Waals surface area (Å²) >= 11 is 0. The van der Waals surface area contributed by atoms with Crippen LogP contribution in [0.4, 0.5) is 0 Å². The number of rotatable bonds is 11. The topological polar surface area (TPSA) is 67.8 Å². The van der Waals surface area contributed by atoms with E-state index in [4.69, 9.17) is 14.5 Å². The molecule has 0 aliphatic heterocycles. The summed E-state index contributed by atoms with van der Waals surface area (Å²) in [6.45, 7) is 7.64. The number of pyridine rings is 1. The van der Waals surface area contributed by atoms with Crippen LogP contribution in [0.2, 0.25) is 0 Å². The zero-order valence-electron chi connectivity index (χ0n) is 17.6. The number of halogens is 1. The molecule has 0 fully saturated rings. The first-order valence-electron chi connectivity index (χ1n) is 9.85. The molecule has 7 heteroatoms. The van der Waals surface area contributed by atoms with Crippen LogP contribution in [0.25, 0.3) is 0 Å². The molecule has 0 aliphatic rings. The van der Waals surface area contributed by atoms with E-state index < -0.39 is 0 Å². The Bertz CT molecular complexity index is 726. The third-order valence-electron chi connectivity index (χ3n) is 4.15. The van der Waals surface area contributed by atoms with Crippen molar-refractivity contribution in [2.45, 2.75) is 33.2 Å². The third-order valence-corrected chi connectivity index (χ3v) is 4.15. The van der Waals surface area contributed by atoms with Gasteiger partial charge in [-0.25, -0.2) is 4.99 Å². The third kappa shape index (κ3) is 9.94. The highest BCUT2D eigenvalue weighted by molar-refractivity contribution is 14.0. The maximum atomic E-state index is 5.95. The van der Waals surface area contributed by atoms with Crippen LogP contribution >= 0.6 is 24.0 Å². The highest BCUT2D eigenvalue weighted by atomic mass is 127. The Kier molecular flexibility index (Phi) is 13.0. The number of aryl methyl sites for hydroxylation is 1. The Balaban J connectivity index is 0.00000420. The van der Waals surface area contributed by atoms with Gasteiger partial charge in [-0.05, 0) is 43.5 Å². The highest BCUT2D eigenvalue weighted by Crippen LogP contribution is 2.21. The lowest BCUT2D eigenvalue weighted by molar-refractivity contribution is 0.172. The molecule has 0 radical (unpaired) electrons. The fourth-order valence-electron chi connectivity index (χ4n) is 2.69. The molecule has 29 heavy (non-hydrogen) atoms. The zero-order valence-corrected chi connectivity index (χ0v) is 19.9. The van der Waals surface area contributed by atoms with Crippen molar-refractivity contribution in [1.82, 2.24) is 15.6 Å². The summed E-state index contributed by atoms with van der Waals surface area (Å²) in [5.41, 5.74) is 3.46. The van der Waals surface area contributed by atoms with Crippen LogP contribution in [0, 0.1) is 6.92 Å². The summed E-state index contributed by atoms with van der Waals surface area (Å²) in [6.07, 6.45) is 5.45. The van der Waals surface area contributed by atoms with Crippen LogP contribution < -0.4 is 15.4 Å². The van der Waals surface area contributed by atoms with E-state index in [2.05, 4.69) is 53.7 Å². The molecule has 1 heterocycles. The van der Waals surface area contributed by atoms with Gasteiger partial charge in [0.1, 0.15) is 5.75 Å². The van der Waals surface area contributed by atoms with E-state index in [0.717, 1.165) is 43.2 Å². The average molecular weight is 512 g/mol. The first-order valence-corrected chi connectivity index (χ1v) is 9.85. The molecule has 6 nitrogen and oxygen atoms in total. The van der Waals surface area contributed by atoms with Crippen molar-refractivity contribution in [3.05, 3.63) is 59.4 Å². The number of hydrogen-bond acceptors (Lipinski definition) is 4. The molecule has 0 bridgehead atoms. The molecule has 0 aliphatic carbocycles. The van der Waals surface area contributed by atoms with Crippen LogP contribution in [-0.2, 0) is 17.7 Å². The van der Waals surface area contributed by atoms with Crippen LogP contribution in [-0.4, -0.2) is 44.4 Å². The van der Waals surface area contributed by atoms with Crippen LogP contribution in [0.1, 0.15) is 30.0 Å². The summed E-state index contributed by atoms with van der Waals surface area (Å²) in [4.78, 5) is 8.88. The van der Waals surface area contributed by atoms with Gasteiger partial charge in [-0.2, -0.15) is 0 Å². The Morgan fingerprint density at radius 3 is 2.76 bits per heavy atom. The van der Waals surface area contributed by atoms with Crippen molar-refractivity contribution in [2.75, 3.05) is 33.4 Å². The van der Waals surface area contributed by atoms with Gasteiger partial charge in [-0.15, -0.1) is 24.0 Å². The van der Waals surface area contributed by atoms with Crippen molar-refractivity contribution in [3.63, 3.8) is 0 Å². The summed E-state index contributed by atoms with van der Waals surface area (Å²) < 4.78 is 11.0. The molecule has 1 aromatic carbocycles. The van der Waals surface area contributed by atoms with Crippen LogP contribution in [0.15, 0.2) is 47.7 Å². The second-order valence-corrected chi connectivity index (χ2v) is 6.54. The fraction of sp³-hybridized carbons (Fsp3) is 0.455. The molecule has 2 N–H and O–H groups in total. The van der Waals surface area contributed by atoms with E-state index in [9.17, 15) is 0 Å². The molecule has 0 atom stereocenters. The summed E-state index contributed by atoms with van der Waals surface area (Å²) in [5, 5.41) is 6.68. The second-order valence-electron chi connectivity index (χ2n) is 6.54. The highest BCUT2D eigenvalue weighted by Gasteiger charge is 2.05. The summed E-state index contributed by atoms with van der Waals surface area (Å²) in [6, 6.07) is 10.3.